The molecule has 26 heavy (non-hydrogen) atoms. The van der Waals surface area contributed by atoms with Gasteiger partial charge in [0.25, 0.3) is 0 Å². The van der Waals surface area contributed by atoms with Crippen LogP contribution in [0, 0.1) is 6.92 Å². The van der Waals surface area contributed by atoms with Crippen molar-refractivity contribution in [1.82, 2.24) is 19.7 Å². The minimum absolute atomic E-state index is 0.138. The highest BCUT2D eigenvalue weighted by Gasteiger charge is 2.33. The van der Waals surface area contributed by atoms with Crippen molar-refractivity contribution in [2.45, 2.75) is 25.9 Å². The fraction of sp³-hybridized carbons (Fsp3) is 0.500. The van der Waals surface area contributed by atoms with Crippen molar-refractivity contribution >= 4 is 22.9 Å². The summed E-state index contributed by atoms with van der Waals surface area (Å²) in [6.45, 7) is 3.87. The van der Waals surface area contributed by atoms with Crippen LogP contribution in [0.1, 0.15) is 12.0 Å². The van der Waals surface area contributed by atoms with Crippen LogP contribution in [0.15, 0.2) is 27.4 Å². The molecule has 1 atom stereocenters. The number of hydrogen-bond donors (Lipinski definition) is 1. The van der Waals surface area contributed by atoms with Crippen LogP contribution < -0.4 is 11.1 Å². The molecule has 0 radical (unpaired) electrons. The van der Waals surface area contributed by atoms with Gasteiger partial charge in [0.2, 0.25) is 11.8 Å². The molecule has 8 heteroatoms. The highest BCUT2D eigenvalue weighted by Crippen LogP contribution is 2.16. The highest BCUT2D eigenvalue weighted by atomic mass is 16.4. The first-order chi connectivity index (χ1) is 12.4. The Morgan fingerprint density at radius 1 is 1.31 bits per heavy atom. The lowest BCUT2D eigenvalue weighted by Crippen LogP contribution is -2.59. The van der Waals surface area contributed by atoms with Crippen molar-refractivity contribution in [2.75, 3.05) is 33.7 Å². The van der Waals surface area contributed by atoms with E-state index in [2.05, 4.69) is 5.32 Å². The van der Waals surface area contributed by atoms with Gasteiger partial charge in [-0.1, -0.05) is 6.07 Å². The molecule has 2 amide bonds. The molecular weight excluding hydrogens is 336 g/mol. The predicted octanol–water partition coefficient (Wildman–Crippen LogP) is 0.182. The van der Waals surface area contributed by atoms with Crippen molar-refractivity contribution in [3.05, 3.63) is 34.3 Å². The van der Waals surface area contributed by atoms with E-state index in [1.807, 2.05) is 31.0 Å². The third kappa shape index (κ3) is 3.50. The molecule has 1 saturated heterocycles. The molecule has 0 saturated carbocycles. The molecule has 1 aromatic carbocycles. The van der Waals surface area contributed by atoms with Gasteiger partial charge in [0.15, 0.2) is 5.58 Å². The molecule has 0 spiro atoms. The molecule has 1 N–H and O–H groups in total. The number of carbonyl (C=O) groups is 2. The second-order valence-corrected chi connectivity index (χ2v) is 6.72. The topological polar surface area (TPSA) is 87.8 Å². The largest absolute Gasteiger partial charge is 0.419 e. The van der Waals surface area contributed by atoms with Crippen LogP contribution >= 0.6 is 0 Å². The molecule has 1 aliphatic rings. The molecule has 2 aromatic rings. The van der Waals surface area contributed by atoms with Gasteiger partial charge in [-0.25, -0.2) is 4.79 Å². The summed E-state index contributed by atoms with van der Waals surface area (Å²) < 4.78 is 6.71. The molecule has 140 valence electrons. The maximum absolute atomic E-state index is 12.7. The average Bonchev–Trinajstić information content (AvgIpc) is 2.93. The van der Waals surface area contributed by atoms with E-state index in [4.69, 9.17) is 4.42 Å². The van der Waals surface area contributed by atoms with Gasteiger partial charge in [-0.2, -0.15) is 0 Å². The standard InChI is InChI=1S/C18H24N4O4/c1-12-4-5-15-13(10-12)22(18(25)26-15)7-6-16(23)21-9-8-20(3)11-14(21)17(24)19-2/h4-5,10,14H,6-9,11H2,1-3H3,(H,19,24). The molecule has 1 aromatic heterocycles. The van der Waals surface area contributed by atoms with Gasteiger partial charge < -0.3 is 19.5 Å². The van der Waals surface area contributed by atoms with E-state index >= 15 is 0 Å². The minimum atomic E-state index is -0.508. The van der Waals surface area contributed by atoms with Crippen LogP contribution in [-0.4, -0.2) is 66.0 Å². The van der Waals surface area contributed by atoms with Crippen LogP contribution in [0.2, 0.25) is 0 Å². The first kappa shape index (κ1) is 18.2. The number of fused-ring (bicyclic) bond motifs is 1. The number of benzene rings is 1. The Hall–Kier alpha value is -2.61. The monoisotopic (exact) mass is 360 g/mol. The van der Waals surface area contributed by atoms with E-state index in [1.165, 1.54) is 4.57 Å². The smallest absolute Gasteiger partial charge is 0.408 e. The number of nitrogens with zero attached hydrogens (tertiary/aromatic N) is 3. The summed E-state index contributed by atoms with van der Waals surface area (Å²) in [5, 5.41) is 2.62. The number of oxazole rings is 1. The highest BCUT2D eigenvalue weighted by molar-refractivity contribution is 5.88. The average molecular weight is 360 g/mol. The Morgan fingerprint density at radius 2 is 2.08 bits per heavy atom. The van der Waals surface area contributed by atoms with Crippen LogP contribution in [0.5, 0.6) is 0 Å². The number of aromatic nitrogens is 1. The molecule has 1 unspecified atom stereocenters. The maximum atomic E-state index is 12.7. The Morgan fingerprint density at radius 3 is 2.81 bits per heavy atom. The van der Waals surface area contributed by atoms with E-state index in [-0.39, 0.29) is 24.8 Å². The summed E-state index contributed by atoms with van der Waals surface area (Å²) in [5.74, 6) is -0.785. The third-order valence-corrected chi connectivity index (χ3v) is 4.83. The lowest BCUT2D eigenvalue weighted by molar-refractivity contribution is -0.143. The molecule has 1 fully saturated rings. The van der Waals surface area contributed by atoms with Crippen molar-refractivity contribution < 1.29 is 14.0 Å². The zero-order chi connectivity index (χ0) is 18.8. The maximum Gasteiger partial charge on any atom is 0.419 e. The number of hydrogen-bond acceptors (Lipinski definition) is 5. The van der Waals surface area contributed by atoms with Crippen LogP contribution in [0.3, 0.4) is 0 Å². The summed E-state index contributed by atoms with van der Waals surface area (Å²) in [7, 11) is 3.50. The number of amides is 2. The lowest BCUT2D eigenvalue weighted by atomic mass is 10.1. The quantitative estimate of drug-likeness (QED) is 0.841. The number of aryl methyl sites for hydroxylation is 2. The van der Waals surface area contributed by atoms with Gasteiger partial charge in [0, 0.05) is 39.6 Å². The minimum Gasteiger partial charge on any atom is -0.408 e. The zero-order valence-electron chi connectivity index (χ0n) is 15.3. The Balaban J connectivity index is 1.76. The zero-order valence-corrected chi connectivity index (χ0v) is 15.3. The predicted molar refractivity (Wildman–Crippen MR) is 96.9 cm³/mol. The molecular formula is C18H24N4O4. The molecule has 0 aliphatic carbocycles. The lowest BCUT2D eigenvalue weighted by Gasteiger charge is -2.38. The van der Waals surface area contributed by atoms with Gasteiger partial charge in [-0.15, -0.1) is 0 Å². The van der Waals surface area contributed by atoms with E-state index in [1.54, 1.807) is 18.0 Å². The van der Waals surface area contributed by atoms with Crippen molar-refractivity contribution in [1.29, 1.82) is 0 Å². The normalized spacial score (nSPS) is 18.3. The summed E-state index contributed by atoms with van der Waals surface area (Å²) in [6.07, 6.45) is 0.139. The number of rotatable bonds is 4. The third-order valence-electron chi connectivity index (χ3n) is 4.83. The summed E-state index contributed by atoms with van der Waals surface area (Å²) >= 11 is 0. The molecule has 3 rings (SSSR count). The van der Waals surface area contributed by atoms with E-state index in [9.17, 15) is 14.4 Å². The fourth-order valence-corrected chi connectivity index (χ4v) is 3.34. The molecule has 1 aliphatic heterocycles. The van der Waals surface area contributed by atoms with E-state index in [0.29, 0.717) is 30.7 Å². The van der Waals surface area contributed by atoms with Crippen molar-refractivity contribution in [3.8, 4) is 0 Å². The van der Waals surface area contributed by atoms with Gasteiger partial charge in [0.1, 0.15) is 6.04 Å². The van der Waals surface area contributed by atoms with Crippen LogP contribution in [0.4, 0.5) is 0 Å². The Kier molecular flexibility index (Phi) is 5.13. The Labute approximate surface area is 151 Å². The van der Waals surface area contributed by atoms with Crippen molar-refractivity contribution in [3.63, 3.8) is 0 Å². The fourth-order valence-electron chi connectivity index (χ4n) is 3.34. The van der Waals surface area contributed by atoms with Gasteiger partial charge in [-0.3, -0.25) is 14.2 Å². The summed E-state index contributed by atoms with van der Waals surface area (Å²) in [5.41, 5.74) is 2.21. The van der Waals surface area contributed by atoms with Gasteiger partial charge in [-0.05, 0) is 31.7 Å². The number of likely N-dealkylation sites (N-methyl/N-ethyl adjacent to an activating group) is 2. The van der Waals surface area contributed by atoms with Gasteiger partial charge in [0.05, 0.1) is 5.52 Å². The van der Waals surface area contributed by atoms with Crippen LogP contribution in [0.25, 0.3) is 11.1 Å². The second kappa shape index (κ2) is 7.33. The van der Waals surface area contributed by atoms with Crippen LogP contribution in [-0.2, 0) is 16.1 Å². The first-order valence-electron chi connectivity index (χ1n) is 8.70. The first-order valence-corrected chi connectivity index (χ1v) is 8.70. The number of carbonyl (C=O) groups excluding carboxylic acids is 2. The molecule has 8 nitrogen and oxygen atoms in total. The molecule has 2 heterocycles. The number of piperazine rings is 1. The van der Waals surface area contributed by atoms with E-state index < -0.39 is 11.8 Å². The van der Waals surface area contributed by atoms with Gasteiger partial charge >= 0.3 is 5.76 Å². The molecule has 0 bridgehead atoms. The Bertz CT molecular complexity index is 885. The second-order valence-electron chi connectivity index (χ2n) is 6.72. The number of nitrogens with one attached hydrogen (secondary N) is 1. The summed E-state index contributed by atoms with van der Waals surface area (Å²) in [4.78, 5) is 40.6. The SMILES string of the molecule is CNC(=O)C1CN(C)CCN1C(=O)CCn1c(=O)oc2ccc(C)cc21. The summed E-state index contributed by atoms with van der Waals surface area (Å²) in [6, 6.07) is 4.99. The van der Waals surface area contributed by atoms with E-state index in [0.717, 1.165) is 5.56 Å². The van der Waals surface area contributed by atoms with Crippen molar-refractivity contribution in [2.24, 2.45) is 0 Å².